The summed E-state index contributed by atoms with van der Waals surface area (Å²) in [6, 6.07) is 7.45. The lowest BCUT2D eigenvalue weighted by atomic mass is 10.00. The van der Waals surface area contributed by atoms with E-state index >= 15 is 0 Å². The summed E-state index contributed by atoms with van der Waals surface area (Å²) in [6.45, 7) is 1.31. The van der Waals surface area contributed by atoms with Crippen molar-refractivity contribution in [3.63, 3.8) is 0 Å². The summed E-state index contributed by atoms with van der Waals surface area (Å²) >= 11 is 0. The molecule has 2 aliphatic heterocycles. The molecule has 1 saturated heterocycles. The normalized spacial score (nSPS) is 25.1. The van der Waals surface area contributed by atoms with Crippen molar-refractivity contribution in [1.82, 2.24) is 10.2 Å². The van der Waals surface area contributed by atoms with Gasteiger partial charge in [0.15, 0.2) is 0 Å². The first-order valence-electron chi connectivity index (χ1n) is 6.55. The lowest BCUT2D eigenvalue weighted by Gasteiger charge is -2.15. The topological polar surface area (TPSA) is 61.4 Å². The van der Waals surface area contributed by atoms with Crippen LogP contribution >= 0.6 is 0 Å². The minimum Gasteiger partial charge on any atom is -0.384 e. The van der Waals surface area contributed by atoms with Gasteiger partial charge in [0.2, 0.25) is 11.8 Å². The molecule has 100 valence electrons. The fourth-order valence-corrected chi connectivity index (χ4v) is 2.75. The zero-order valence-corrected chi connectivity index (χ0v) is 10.8. The van der Waals surface area contributed by atoms with E-state index in [0.29, 0.717) is 19.5 Å². The van der Waals surface area contributed by atoms with Crippen LogP contribution in [0.25, 0.3) is 0 Å². The fourth-order valence-electron chi connectivity index (χ4n) is 2.75. The second kappa shape index (κ2) is 4.57. The summed E-state index contributed by atoms with van der Waals surface area (Å²) in [4.78, 5) is 25.7. The Hall–Kier alpha value is -2.04. The third-order valence-electron chi connectivity index (χ3n) is 3.89. The smallest absolute Gasteiger partial charge is 0.244 e. The molecule has 0 saturated carbocycles. The number of hydrogen-bond acceptors (Lipinski definition) is 3. The molecule has 1 fully saturated rings. The van der Waals surface area contributed by atoms with Crippen LogP contribution in [-0.4, -0.2) is 42.9 Å². The SMILES string of the molecule is CN1CCC(NC(=O)C2CNc3ccccc32)C1=O. The molecule has 1 aromatic rings. The van der Waals surface area contributed by atoms with E-state index in [1.807, 2.05) is 24.3 Å². The number of rotatable bonds is 2. The molecule has 19 heavy (non-hydrogen) atoms. The van der Waals surface area contributed by atoms with Gasteiger partial charge in [-0.1, -0.05) is 18.2 Å². The molecule has 2 amide bonds. The highest BCUT2D eigenvalue weighted by Gasteiger charge is 2.34. The number of hydrogen-bond donors (Lipinski definition) is 2. The maximum Gasteiger partial charge on any atom is 0.244 e. The first-order valence-corrected chi connectivity index (χ1v) is 6.55. The predicted octanol–water partition coefficient (Wildman–Crippen LogP) is 0.543. The van der Waals surface area contributed by atoms with E-state index in [-0.39, 0.29) is 23.8 Å². The third-order valence-corrected chi connectivity index (χ3v) is 3.89. The highest BCUT2D eigenvalue weighted by atomic mass is 16.2. The number of fused-ring (bicyclic) bond motifs is 1. The van der Waals surface area contributed by atoms with Gasteiger partial charge in [-0.2, -0.15) is 0 Å². The number of nitrogens with one attached hydrogen (secondary N) is 2. The van der Waals surface area contributed by atoms with Crippen molar-refractivity contribution in [1.29, 1.82) is 0 Å². The van der Waals surface area contributed by atoms with Crippen LogP contribution in [-0.2, 0) is 9.59 Å². The van der Waals surface area contributed by atoms with Crippen LogP contribution in [0.5, 0.6) is 0 Å². The molecule has 1 aromatic carbocycles. The van der Waals surface area contributed by atoms with Gasteiger partial charge in [0.1, 0.15) is 6.04 Å². The van der Waals surface area contributed by atoms with Crippen LogP contribution in [0, 0.1) is 0 Å². The van der Waals surface area contributed by atoms with Crippen LogP contribution in [0.15, 0.2) is 24.3 Å². The Labute approximate surface area is 112 Å². The van der Waals surface area contributed by atoms with Crippen molar-refractivity contribution >= 4 is 17.5 Å². The summed E-state index contributed by atoms with van der Waals surface area (Å²) in [5.74, 6) is -0.256. The van der Waals surface area contributed by atoms with Gasteiger partial charge in [-0.25, -0.2) is 0 Å². The Kier molecular flexibility index (Phi) is 2.89. The maximum absolute atomic E-state index is 12.3. The van der Waals surface area contributed by atoms with Crippen LogP contribution < -0.4 is 10.6 Å². The summed E-state index contributed by atoms with van der Waals surface area (Å²) in [5, 5.41) is 6.09. The number of carbonyl (C=O) groups excluding carboxylic acids is 2. The van der Waals surface area contributed by atoms with Crippen LogP contribution in [0.4, 0.5) is 5.69 Å². The quantitative estimate of drug-likeness (QED) is 0.815. The summed E-state index contributed by atoms with van der Waals surface area (Å²) in [6.07, 6.45) is 0.697. The van der Waals surface area contributed by atoms with E-state index in [0.717, 1.165) is 11.3 Å². The molecule has 0 radical (unpaired) electrons. The monoisotopic (exact) mass is 259 g/mol. The summed E-state index contributed by atoms with van der Waals surface area (Å²) in [7, 11) is 1.76. The fraction of sp³-hybridized carbons (Fsp3) is 0.429. The highest BCUT2D eigenvalue weighted by molar-refractivity contribution is 5.93. The lowest BCUT2D eigenvalue weighted by Crippen LogP contribution is -2.43. The van der Waals surface area contributed by atoms with Gasteiger partial charge in [0.05, 0.1) is 5.92 Å². The van der Waals surface area contributed by atoms with E-state index in [4.69, 9.17) is 0 Å². The number of para-hydroxylation sites is 1. The summed E-state index contributed by atoms with van der Waals surface area (Å²) in [5.41, 5.74) is 2.02. The lowest BCUT2D eigenvalue weighted by molar-refractivity contribution is -0.132. The molecular formula is C14H17N3O2. The Morgan fingerprint density at radius 1 is 1.42 bits per heavy atom. The Bertz CT molecular complexity index is 529. The average Bonchev–Trinajstić information content (AvgIpc) is 2.97. The largest absolute Gasteiger partial charge is 0.384 e. The van der Waals surface area contributed by atoms with E-state index in [9.17, 15) is 9.59 Å². The van der Waals surface area contributed by atoms with Crippen LogP contribution in [0.2, 0.25) is 0 Å². The molecule has 2 unspecified atom stereocenters. The molecular weight excluding hydrogens is 242 g/mol. The summed E-state index contributed by atoms with van der Waals surface area (Å²) < 4.78 is 0. The second-order valence-corrected chi connectivity index (χ2v) is 5.13. The number of likely N-dealkylation sites (N-methyl/N-ethyl adjacent to an activating group) is 1. The molecule has 2 aliphatic rings. The van der Waals surface area contributed by atoms with E-state index in [2.05, 4.69) is 10.6 Å². The van der Waals surface area contributed by atoms with Crippen molar-refractivity contribution in [3.05, 3.63) is 29.8 Å². The number of carbonyl (C=O) groups is 2. The highest BCUT2D eigenvalue weighted by Crippen LogP contribution is 2.31. The minimum atomic E-state index is -0.356. The minimum absolute atomic E-state index is 0.00703. The van der Waals surface area contributed by atoms with Crippen LogP contribution in [0.3, 0.4) is 0 Å². The standard InChI is InChI=1S/C14H17N3O2/c1-17-7-6-12(14(17)19)16-13(18)10-8-15-11-5-3-2-4-9(10)11/h2-5,10,12,15H,6-8H2,1H3,(H,16,18). The zero-order valence-electron chi connectivity index (χ0n) is 10.8. The first kappa shape index (κ1) is 12.0. The van der Waals surface area contributed by atoms with Gasteiger partial charge in [-0.3, -0.25) is 9.59 Å². The van der Waals surface area contributed by atoms with Gasteiger partial charge in [-0.15, -0.1) is 0 Å². The zero-order chi connectivity index (χ0) is 13.4. The number of anilines is 1. The van der Waals surface area contributed by atoms with Gasteiger partial charge in [0, 0.05) is 25.8 Å². The second-order valence-electron chi connectivity index (χ2n) is 5.13. The Balaban J connectivity index is 1.71. The van der Waals surface area contributed by atoms with Gasteiger partial charge in [-0.05, 0) is 18.1 Å². The van der Waals surface area contributed by atoms with Crippen molar-refractivity contribution in [2.75, 3.05) is 25.5 Å². The number of likely N-dealkylation sites (tertiary alicyclic amines) is 1. The van der Waals surface area contributed by atoms with Gasteiger partial charge >= 0.3 is 0 Å². The van der Waals surface area contributed by atoms with Crippen molar-refractivity contribution in [2.24, 2.45) is 0 Å². The molecule has 3 rings (SSSR count). The Morgan fingerprint density at radius 2 is 2.21 bits per heavy atom. The molecule has 2 heterocycles. The van der Waals surface area contributed by atoms with Crippen molar-refractivity contribution in [3.8, 4) is 0 Å². The average molecular weight is 259 g/mol. The molecule has 2 atom stereocenters. The van der Waals surface area contributed by atoms with Gasteiger partial charge in [0.25, 0.3) is 0 Å². The van der Waals surface area contributed by atoms with E-state index < -0.39 is 0 Å². The molecule has 0 bridgehead atoms. The maximum atomic E-state index is 12.3. The first-order chi connectivity index (χ1) is 9.16. The van der Waals surface area contributed by atoms with E-state index in [1.165, 1.54) is 0 Å². The molecule has 0 aliphatic carbocycles. The number of benzene rings is 1. The van der Waals surface area contributed by atoms with Crippen molar-refractivity contribution < 1.29 is 9.59 Å². The predicted molar refractivity (Wildman–Crippen MR) is 71.9 cm³/mol. The van der Waals surface area contributed by atoms with Gasteiger partial charge < -0.3 is 15.5 Å². The van der Waals surface area contributed by atoms with E-state index in [1.54, 1.807) is 11.9 Å². The number of amides is 2. The molecule has 5 nitrogen and oxygen atoms in total. The molecule has 2 N–H and O–H groups in total. The van der Waals surface area contributed by atoms with Crippen LogP contribution in [0.1, 0.15) is 17.9 Å². The third kappa shape index (κ3) is 2.05. The molecule has 0 aromatic heterocycles. The number of nitrogens with zero attached hydrogens (tertiary/aromatic N) is 1. The van der Waals surface area contributed by atoms with Crippen molar-refractivity contribution in [2.45, 2.75) is 18.4 Å². The molecule has 0 spiro atoms. The molecule has 5 heteroatoms. The Morgan fingerprint density at radius 3 is 2.95 bits per heavy atom.